The number of hydrogen-bond donors (Lipinski definition) is 2. The van der Waals surface area contributed by atoms with E-state index in [9.17, 15) is 18.3 Å². The number of ether oxygens (including phenoxy) is 1. The number of fused-ring (bicyclic) bond motifs is 4. The van der Waals surface area contributed by atoms with Crippen LogP contribution < -0.4 is 14.4 Å². The number of carbonyl (C=O) groups excluding carboxylic acids is 1. The van der Waals surface area contributed by atoms with Crippen molar-refractivity contribution in [3.63, 3.8) is 0 Å². The molecule has 5 aliphatic rings. The maximum Gasteiger partial charge on any atom is 0.264 e. The van der Waals surface area contributed by atoms with Crippen LogP contribution in [-0.2, 0) is 21.9 Å². The maximum atomic E-state index is 13.6. The molecule has 2 bridgehead atoms. The molecule has 2 heterocycles. The molecule has 1 spiro atoms. The number of carbonyl (C=O) groups is 1. The van der Waals surface area contributed by atoms with Crippen molar-refractivity contribution in [3.8, 4) is 11.5 Å². The number of amides is 1. The molecule has 2 aromatic carbocycles. The summed E-state index contributed by atoms with van der Waals surface area (Å²) in [5.41, 5.74) is 3.02. The summed E-state index contributed by atoms with van der Waals surface area (Å²) >= 11 is 6.33. The van der Waals surface area contributed by atoms with E-state index in [1.54, 1.807) is 6.07 Å². The van der Waals surface area contributed by atoms with E-state index in [0.717, 1.165) is 68.3 Å². The molecule has 2 N–H and O–H groups in total. The standard InChI is InChI=1S/C34H41ClN2O5S/c1-21-5-2-3-6-22-8-11-26(22)18-37-19-34(14-4-7-24-15-28(35)30(38)17-27(24)34)20-42-31-13-12-25(16-29(31)37)33(39)36-43(40,41)32(21)23-9-10-23/h2-3,12-13,15-17,21-23,26,32,38H,4-11,14,18-20H2,1H3,(H,36,39)/b3-2+/t21-,22-,26-,32-,34-/m0/s1. The fraction of sp³-hybridized carbons (Fsp3) is 0.559. The normalized spacial score (nSPS) is 32.8. The van der Waals surface area contributed by atoms with Crippen molar-refractivity contribution in [1.29, 1.82) is 0 Å². The average Bonchev–Trinajstić information content (AvgIpc) is 3.79. The predicted octanol–water partition coefficient (Wildman–Crippen LogP) is 6.37. The molecule has 43 heavy (non-hydrogen) atoms. The molecule has 5 atom stereocenters. The van der Waals surface area contributed by atoms with E-state index in [1.807, 2.05) is 31.2 Å². The zero-order chi connectivity index (χ0) is 29.9. The van der Waals surface area contributed by atoms with Gasteiger partial charge in [-0.15, -0.1) is 0 Å². The Morgan fingerprint density at radius 1 is 1.05 bits per heavy atom. The zero-order valence-corrected chi connectivity index (χ0v) is 26.3. The van der Waals surface area contributed by atoms with Crippen molar-refractivity contribution >= 4 is 33.2 Å². The van der Waals surface area contributed by atoms with Crippen molar-refractivity contribution in [3.05, 3.63) is 64.2 Å². The third-order valence-electron chi connectivity index (χ3n) is 10.8. The van der Waals surface area contributed by atoms with Crippen LogP contribution in [0.25, 0.3) is 0 Å². The Bertz CT molecular complexity index is 1570. The summed E-state index contributed by atoms with van der Waals surface area (Å²) in [5, 5.41) is 10.4. The van der Waals surface area contributed by atoms with E-state index in [4.69, 9.17) is 16.3 Å². The van der Waals surface area contributed by atoms with E-state index in [1.165, 1.54) is 6.42 Å². The number of rotatable bonds is 1. The molecule has 0 radical (unpaired) electrons. The Hall–Kier alpha value is -2.71. The molecule has 0 unspecified atom stereocenters. The predicted molar refractivity (Wildman–Crippen MR) is 169 cm³/mol. The first-order valence-electron chi connectivity index (χ1n) is 15.9. The molecule has 3 aliphatic carbocycles. The van der Waals surface area contributed by atoms with Crippen molar-refractivity contribution in [2.75, 3.05) is 24.6 Å². The van der Waals surface area contributed by atoms with E-state index in [-0.39, 0.29) is 23.0 Å². The maximum absolute atomic E-state index is 13.6. The Kier molecular flexibility index (Phi) is 7.44. The van der Waals surface area contributed by atoms with E-state index < -0.39 is 21.2 Å². The van der Waals surface area contributed by atoms with Gasteiger partial charge in [0.05, 0.1) is 22.6 Å². The highest BCUT2D eigenvalue weighted by Gasteiger charge is 2.45. The third kappa shape index (κ3) is 5.43. The largest absolute Gasteiger partial charge is 0.506 e. The van der Waals surface area contributed by atoms with Gasteiger partial charge in [0.15, 0.2) is 0 Å². The lowest BCUT2D eigenvalue weighted by atomic mass is 9.69. The number of allylic oxidation sites excluding steroid dienone is 2. The van der Waals surface area contributed by atoms with Crippen LogP contribution in [0, 0.1) is 23.7 Å². The molecule has 2 aliphatic heterocycles. The second kappa shape index (κ2) is 11.0. The summed E-state index contributed by atoms with van der Waals surface area (Å²) in [6.45, 7) is 3.95. The smallest absolute Gasteiger partial charge is 0.264 e. The Balaban J connectivity index is 1.29. The number of nitrogens with one attached hydrogen (secondary N) is 1. The van der Waals surface area contributed by atoms with Crippen LogP contribution >= 0.6 is 11.6 Å². The number of hydrogen-bond acceptors (Lipinski definition) is 6. The van der Waals surface area contributed by atoms with E-state index in [0.29, 0.717) is 47.7 Å². The lowest BCUT2D eigenvalue weighted by Gasteiger charge is -2.44. The third-order valence-corrected chi connectivity index (χ3v) is 13.1. The van der Waals surface area contributed by atoms with Crippen LogP contribution in [0.2, 0.25) is 5.02 Å². The molecular weight excluding hydrogens is 584 g/mol. The van der Waals surface area contributed by atoms with Crippen LogP contribution in [0.15, 0.2) is 42.5 Å². The molecule has 2 saturated carbocycles. The van der Waals surface area contributed by atoms with E-state index >= 15 is 0 Å². The average molecular weight is 625 g/mol. The minimum atomic E-state index is -3.86. The van der Waals surface area contributed by atoms with E-state index in [2.05, 4.69) is 21.8 Å². The first kappa shape index (κ1) is 29.0. The molecule has 230 valence electrons. The monoisotopic (exact) mass is 624 g/mol. The number of aromatic hydroxyl groups is 1. The van der Waals surface area contributed by atoms with Gasteiger partial charge in [0, 0.05) is 24.1 Å². The van der Waals surface area contributed by atoms with Gasteiger partial charge in [-0.3, -0.25) is 4.79 Å². The van der Waals surface area contributed by atoms with Gasteiger partial charge in [-0.25, -0.2) is 13.1 Å². The lowest BCUT2D eigenvalue weighted by Crippen LogP contribution is -2.48. The van der Waals surface area contributed by atoms with Gasteiger partial charge in [0.25, 0.3) is 5.91 Å². The number of benzene rings is 2. The minimum absolute atomic E-state index is 0.0704. The number of nitrogens with zero attached hydrogens (tertiary/aromatic N) is 1. The number of phenols is 1. The molecule has 1 amide bonds. The first-order valence-corrected chi connectivity index (χ1v) is 17.8. The lowest BCUT2D eigenvalue weighted by molar-refractivity contribution is 0.0980. The van der Waals surface area contributed by atoms with Crippen LogP contribution in [0.1, 0.15) is 79.8 Å². The van der Waals surface area contributed by atoms with Gasteiger partial charge in [-0.1, -0.05) is 30.7 Å². The second-order valence-electron chi connectivity index (χ2n) is 13.7. The topological polar surface area (TPSA) is 95.9 Å². The van der Waals surface area contributed by atoms with Gasteiger partial charge >= 0.3 is 0 Å². The number of phenolic OH excluding ortho intramolecular Hbond substituents is 1. The van der Waals surface area contributed by atoms with Crippen molar-refractivity contribution < 1.29 is 23.1 Å². The van der Waals surface area contributed by atoms with Crippen molar-refractivity contribution in [1.82, 2.24) is 4.72 Å². The SMILES string of the molecule is C[C@H]1C/C=C/C[C@H]2CC[C@H]2CN2C[C@@]3(CCCc4cc(Cl)c(O)cc43)COc3ccc(cc32)C(=O)NS(=O)(=O)[C@@H]1C1CC1. The summed E-state index contributed by atoms with van der Waals surface area (Å²) in [6.07, 6.45) is 13.0. The van der Waals surface area contributed by atoms with Gasteiger partial charge in [-0.2, -0.15) is 0 Å². The number of sulfonamides is 1. The zero-order valence-electron chi connectivity index (χ0n) is 24.7. The summed E-state index contributed by atoms with van der Waals surface area (Å²) in [5.74, 6) is 1.30. The summed E-state index contributed by atoms with van der Waals surface area (Å²) < 4.78 is 36.2. The highest BCUT2D eigenvalue weighted by atomic mass is 35.5. The fourth-order valence-electron chi connectivity index (χ4n) is 8.16. The summed E-state index contributed by atoms with van der Waals surface area (Å²) in [7, 11) is -3.86. The van der Waals surface area contributed by atoms with Crippen LogP contribution in [-0.4, -0.2) is 44.4 Å². The van der Waals surface area contributed by atoms with Gasteiger partial charge in [0.2, 0.25) is 10.0 Å². The minimum Gasteiger partial charge on any atom is -0.506 e. The Morgan fingerprint density at radius 3 is 2.58 bits per heavy atom. The number of anilines is 1. The van der Waals surface area contributed by atoms with Crippen molar-refractivity contribution in [2.24, 2.45) is 23.7 Å². The van der Waals surface area contributed by atoms with Gasteiger partial charge < -0.3 is 14.7 Å². The molecule has 2 aromatic rings. The van der Waals surface area contributed by atoms with Crippen molar-refractivity contribution in [2.45, 2.75) is 75.4 Å². The molecule has 9 heteroatoms. The molecule has 7 rings (SSSR count). The van der Waals surface area contributed by atoms with Crippen LogP contribution in [0.5, 0.6) is 11.5 Å². The molecule has 0 aromatic heterocycles. The van der Waals surface area contributed by atoms with Crippen LogP contribution in [0.4, 0.5) is 5.69 Å². The Morgan fingerprint density at radius 2 is 1.81 bits per heavy atom. The first-order chi connectivity index (χ1) is 20.6. The molecule has 7 nitrogen and oxygen atoms in total. The number of aryl methyl sites for hydroxylation is 1. The highest BCUT2D eigenvalue weighted by Crippen LogP contribution is 2.48. The fourth-order valence-corrected chi connectivity index (χ4v) is 10.4. The summed E-state index contributed by atoms with van der Waals surface area (Å²) in [4.78, 5) is 15.9. The molecular formula is C34H41ClN2O5S. The molecule has 2 fully saturated rings. The van der Waals surface area contributed by atoms with Crippen LogP contribution in [0.3, 0.4) is 0 Å². The quantitative estimate of drug-likeness (QED) is 0.358. The molecule has 0 saturated heterocycles. The second-order valence-corrected chi connectivity index (χ2v) is 16.0. The van der Waals surface area contributed by atoms with Gasteiger partial charge in [0.1, 0.15) is 11.5 Å². The summed E-state index contributed by atoms with van der Waals surface area (Å²) in [6, 6.07) is 9.03. The highest BCUT2D eigenvalue weighted by molar-refractivity contribution is 7.90. The Labute approximate surface area is 259 Å². The number of halogens is 1. The van der Waals surface area contributed by atoms with Gasteiger partial charge in [-0.05, 0) is 123 Å².